The largest absolute Gasteiger partial charge is 0.365 e. The lowest BCUT2D eigenvalue weighted by molar-refractivity contribution is -0.116. The van der Waals surface area contributed by atoms with Gasteiger partial charge in [0.25, 0.3) is 5.91 Å². The van der Waals surface area contributed by atoms with E-state index in [1.807, 2.05) is 74.5 Å². The van der Waals surface area contributed by atoms with Gasteiger partial charge >= 0.3 is 0 Å². The minimum absolute atomic E-state index is 0.0814. The lowest BCUT2D eigenvalue weighted by Gasteiger charge is -2.12. The van der Waals surface area contributed by atoms with Crippen LogP contribution >= 0.6 is 11.3 Å². The fourth-order valence-corrected chi connectivity index (χ4v) is 4.27. The van der Waals surface area contributed by atoms with Crippen molar-refractivity contribution in [3.63, 3.8) is 0 Å². The molecule has 0 aliphatic carbocycles. The Kier molecular flexibility index (Phi) is 5.72. The van der Waals surface area contributed by atoms with Gasteiger partial charge in [-0.05, 0) is 24.0 Å². The second kappa shape index (κ2) is 8.18. The van der Waals surface area contributed by atoms with Crippen LogP contribution in [-0.2, 0) is 4.79 Å². The van der Waals surface area contributed by atoms with Crippen molar-refractivity contribution < 1.29 is 9.59 Å². The molecule has 0 aliphatic heterocycles. The second-order valence-electron chi connectivity index (χ2n) is 6.53. The van der Waals surface area contributed by atoms with Crippen molar-refractivity contribution in [1.82, 2.24) is 0 Å². The summed E-state index contributed by atoms with van der Waals surface area (Å²) < 4.78 is 0. The zero-order chi connectivity index (χ0) is 19.4. The highest BCUT2D eigenvalue weighted by Crippen LogP contribution is 2.39. The molecule has 4 nitrogen and oxygen atoms in total. The number of primary amides is 1. The number of amides is 2. The van der Waals surface area contributed by atoms with Crippen LogP contribution in [0.4, 0.5) is 5.00 Å². The third kappa shape index (κ3) is 4.26. The maximum absolute atomic E-state index is 12.6. The predicted molar refractivity (Wildman–Crippen MR) is 111 cm³/mol. The molecule has 0 saturated carbocycles. The minimum Gasteiger partial charge on any atom is -0.365 e. The van der Waals surface area contributed by atoms with E-state index < -0.39 is 5.91 Å². The van der Waals surface area contributed by atoms with E-state index in [0.717, 1.165) is 21.6 Å². The first-order chi connectivity index (χ1) is 13.0. The van der Waals surface area contributed by atoms with E-state index in [1.165, 1.54) is 11.3 Å². The number of aryl methyl sites for hydroxylation is 1. The van der Waals surface area contributed by atoms with Crippen molar-refractivity contribution in [3.05, 3.63) is 76.7 Å². The van der Waals surface area contributed by atoms with Crippen LogP contribution in [0.3, 0.4) is 0 Å². The maximum Gasteiger partial charge on any atom is 0.252 e. The molecule has 0 fully saturated rings. The number of hydrogen-bond donors (Lipinski definition) is 2. The average Bonchev–Trinajstić information content (AvgIpc) is 2.98. The molecule has 27 heavy (non-hydrogen) atoms. The molecule has 0 radical (unpaired) electrons. The molecule has 0 aliphatic rings. The van der Waals surface area contributed by atoms with Crippen LogP contribution in [0.2, 0.25) is 0 Å². The monoisotopic (exact) mass is 378 g/mol. The molecule has 0 bridgehead atoms. The summed E-state index contributed by atoms with van der Waals surface area (Å²) in [4.78, 5) is 25.6. The number of carbonyl (C=O) groups is 2. The first kappa shape index (κ1) is 18.9. The summed E-state index contributed by atoms with van der Waals surface area (Å²) in [5.74, 6) is -0.586. The van der Waals surface area contributed by atoms with Crippen LogP contribution < -0.4 is 11.1 Å². The summed E-state index contributed by atoms with van der Waals surface area (Å²) in [6, 6.07) is 19.5. The van der Waals surface area contributed by atoms with Gasteiger partial charge in [0.05, 0.1) is 5.56 Å². The van der Waals surface area contributed by atoms with Gasteiger partial charge in [0, 0.05) is 16.9 Å². The lowest BCUT2D eigenvalue weighted by Crippen LogP contribution is -2.18. The standard InChI is InChI=1S/C22H22N2O2S/c1-14(16-9-5-3-6-10-16)13-18(25)24-22-20(21(23)26)19(15(2)27-22)17-11-7-4-8-12-17/h3-12,14H,13H2,1-2H3,(H2,23,26)(H,24,25). The third-order valence-electron chi connectivity index (χ3n) is 4.51. The number of benzene rings is 2. The van der Waals surface area contributed by atoms with Crippen molar-refractivity contribution in [1.29, 1.82) is 0 Å². The van der Waals surface area contributed by atoms with Crippen LogP contribution in [0.15, 0.2) is 60.7 Å². The normalized spacial score (nSPS) is 11.8. The number of rotatable bonds is 6. The summed E-state index contributed by atoms with van der Waals surface area (Å²) in [7, 11) is 0. The smallest absolute Gasteiger partial charge is 0.252 e. The summed E-state index contributed by atoms with van der Waals surface area (Å²) in [6.07, 6.45) is 0.333. The van der Waals surface area contributed by atoms with E-state index in [-0.39, 0.29) is 11.8 Å². The Morgan fingerprint density at radius 2 is 1.63 bits per heavy atom. The van der Waals surface area contributed by atoms with Gasteiger partial charge in [-0.2, -0.15) is 0 Å². The van der Waals surface area contributed by atoms with Gasteiger partial charge in [0.15, 0.2) is 0 Å². The molecule has 1 heterocycles. The van der Waals surface area contributed by atoms with Gasteiger partial charge in [-0.3, -0.25) is 9.59 Å². The van der Waals surface area contributed by atoms with Crippen LogP contribution in [0.1, 0.15) is 40.1 Å². The van der Waals surface area contributed by atoms with E-state index in [0.29, 0.717) is 17.0 Å². The summed E-state index contributed by atoms with van der Waals surface area (Å²) in [5, 5.41) is 3.42. The predicted octanol–water partition coefficient (Wildman–Crippen LogP) is 4.95. The molecule has 3 N–H and O–H groups in total. The molecule has 138 valence electrons. The van der Waals surface area contributed by atoms with Crippen LogP contribution in [0.5, 0.6) is 0 Å². The van der Waals surface area contributed by atoms with Crippen LogP contribution in [0.25, 0.3) is 11.1 Å². The Morgan fingerprint density at radius 1 is 1.04 bits per heavy atom. The Hall–Kier alpha value is -2.92. The Bertz CT molecular complexity index is 949. The molecule has 1 atom stereocenters. The van der Waals surface area contributed by atoms with Crippen LogP contribution in [0, 0.1) is 6.92 Å². The number of nitrogens with one attached hydrogen (secondary N) is 1. The third-order valence-corrected chi connectivity index (χ3v) is 5.53. The molecule has 0 spiro atoms. The zero-order valence-electron chi connectivity index (χ0n) is 15.4. The molecule has 0 saturated heterocycles. The number of nitrogens with two attached hydrogens (primary N) is 1. The van der Waals surface area contributed by atoms with E-state index >= 15 is 0 Å². The Labute approximate surface area is 163 Å². The highest BCUT2D eigenvalue weighted by atomic mass is 32.1. The fourth-order valence-electron chi connectivity index (χ4n) is 3.18. The van der Waals surface area contributed by atoms with Gasteiger partial charge < -0.3 is 11.1 Å². The highest BCUT2D eigenvalue weighted by Gasteiger charge is 2.23. The first-order valence-corrected chi connectivity index (χ1v) is 9.62. The topological polar surface area (TPSA) is 72.2 Å². The zero-order valence-corrected chi connectivity index (χ0v) is 16.2. The van der Waals surface area contributed by atoms with E-state index in [1.54, 1.807) is 0 Å². The fraction of sp³-hybridized carbons (Fsp3) is 0.182. The summed E-state index contributed by atoms with van der Waals surface area (Å²) in [5.41, 5.74) is 8.84. The van der Waals surface area contributed by atoms with Crippen molar-refractivity contribution in [2.75, 3.05) is 5.32 Å². The number of thiophene rings is 1. The van der Waals surface area contributed by atoms with Crippen LogP contribution in [-0.4, -0.2) is 11.8 Å². The molecule has 1 aromatic heterocycles. The lowest BCUT2D eigenvalue weighted by atomic mass is 9.97. The Balaban J connectivity index is 1.85. The van der Waals surface area contributed by atoms with Gasteiger partial charge in [-0.15, -0.1) is 11.3 Å². The SMILES string of the molecule is Cc1sc(NC(=O)CC(C)c2ccccc2)c(C(N)=O)c1-c1ccccc1. The van der Waals surface area contributed by atoms with Crippen molar-refractivity contribution >= 4 is 28.2 Å². The summed E-state index contributed by atoms with van der Waals surface area (Å²) in [6.45, 7) is 3.95. The number of anilines is 1. The van der Waals surface area contributed by atoms with E-state index in [2.05, 4.69) is 5.32 Å². The molecule has 2 amide bonds. The highest BCUT2D eigenvalue weighted by molar-refractivity contribution is 7.17. The van der Waals surface area contributed by atoms with Gasteiger partial charge in [-0.1, -0.05) is 67.6 Å². The average molecular weight is 378 g/mol. The van der Waals surface area contributed by atoms with Gasteiger partial charge in [0.1, 0.15) is 5.00 Å². The molecular weight excluding hydrogens is 356 g/mol. The van der Waals surface area contributed by atoms with E-state index in [4.69, 9.17) is 5.73 Å². The number of hydrogen-bond acceptors (Lipinski definition) is 3. The Morgan fingerprint density at radius 3 is 2.22 bits per heavy atom. The van der Waals surface area contributed by atoms with E-state index in [9.17, 15) is 9.59 Å². The summed E-state index contributed by atoms with van der Waals surface area (Å²) >= 11 is 1.38. The molecular formula is C22H22N2O2S. The molecule has 3 aromatic rings. The van der Waals surface area contributed by atoms with Gasteiger partial charge in [-0.25, -0.2) is 0 Å². The van der Waals surface area contributed by atoms with Gasteiger partial charge in [0.2, 0.25) is 5.91 Å². The molecule has 5 heteroatoms. The second-order valence-corrected chi connectivity index (χ2v) is 7.76. The quantitative estimate of drug-likeness (QED) is 0.637. The maximum atomic E-state index is 12.6. The minimum atomic E-state index is -0.537. The molecule has 2 aromatic carbocycles. The van der Waals surface area contributed by atoms with Crippen molar-refractivity contribution in [2.24, 2.45) is 5.73 Å². The van der Waals surface area contributed by atoms with Crippen molar-refractivity contribution in [3.8, 4) is 11.1 Å². The van der Waals surface area contributed by atoms with Crippen molar-refractivity contribution in [2.45, 2.75) is 26.2 Å². The number of carbonyl (C=O) groups excluding carboxylic acids is 2. The first-order valence-electron chi connectivity index (χ1n) is 8.80. The molecule has 1 unspecified atom stereocenters. The molecule has 3 rings (SSSR count).